The van der Waals surface area contributed by atoms with Gasteiger partial charge in [-0.2, -0.15) is 0 Å². The quantitative estimate of drug-likeness (QED) is 0.831. The van der Waals surface area contributed by atoms with Crippen molar-refractivity contribution < 1.29 is 0 Å². The van der Waals surface area contributed by atoms with Crippen molar-refractivity contribution in [3.63, 3.8) is 0 Å². The highest BCUT2D eigenvalue weighted by Gasteiger charge is 2.07. The van der Waals surface area contributed by atoms with Crippen LogP contribution in [0.5, 0.6) is 0 Å². The molecule has 88 valence electrons. The zero-order chi connectivity index (χ0) is 12.1. The van der Waals surface area contributed by atoms with Crippen molar-refractivity contribution in [1.82, 2.24) is 4.90 Å². The second kappa shape index (κ2) is 6.06. The molecule has 0 spiro atoms. The lowest BCUT2D eigenvalue weighted by molar-refractivity contribution is 0.473. The second-order valence-electron chi connectivity index (χ2n) is 3.56. The van der Waals surface area contributed by atoms with E-state index in [4.69, 9.17) is 23.8 Å². The predicted octanol–water partition coefficient (Wildman–Crippen LogP) is 3.69. The van der Waals surface area contributed by atoms with Gasteiger partial charge >= 0.3 is 0 Å². The lowest BCUT2D eigenvalue weighted by Gasteiger charge is -2.23. The molecule has 1 aromatic rings. The second-order valence-corrected chi connectivity index (χ2v) is 4.38. The summed E-state index contributed by atoms with van der Waals surface area (Å²) in [5.74, 6) is 0. The molecule has 0 bridgehead atoms. The van der Waals surface area contributed by atoms with Crippen LogP contribution in [0.4, 0.5) is 5.69 Å². The lowest BCUT2D eigenvalue weighted by Crippen LogP contribution is -2.34. The number of halogens is 1. The fourth-order valence-corrected chi connectivity index (χ4v) is 1.97. The normalized spacial score (nSPS) is 10.0. The Morgan fingerprint density at radius 1 is 1.38 bits per heavy atom. The van der Waals surface area contributed by atoms with Gasteiger partial charge in [-0.05, 0) is 50.7 Å². The van der Waals surface area contributed by atoms with Crippen molar-refractivity contribution in [2.24, 2.45) is 0 Å². The summed E-state index contributed by atoms with van der Waals surface area (Å²) in [6.45, 7) is 8.01. The molecule has 0 amide bonds. The van der Waals surface area contributed by atoms with Crippen molar-refractivity contribution in [3.8, 4) is 0 Å². The summed E-state index contributed by atoms with van der Waals surface area (Å²) >= 11 is 11.3. The highest BCUT2D eigenvalue weighted by molar-refractivity contribution is 7.80. The minimum absolute atomic E-state index is 0.718. The van der Waals surface area contributed by atoms with Gasteiger partial charge in [0.15, 0.2) is 5.11 Å². The number of hydrogen-bond acceptors (Lipinski definition) is 1. The Hall–Kier alpha value is -0.800. The van der Waals surface area contributed by atoms with E-state index in [1.807, 2.05) is 25.1 Å². The zero-order valence-electron chi connectivity index (χ0n) is 9.88. The first-order valence-corrected chi connectivity index (χ1v) is 6.19. The first kappa shape index (κ1) is 13.3. The Morgan fingerprint density at radius 2 is 2.00 bits per heavy atom. The molecule has 0 heterocycles. The number of nitrogens with one attached hydrogen (secondary N) is 1. The number of nitrogens with zero attached hydrogens (tertiary/aromatic N) is 1. The number of benzene rings is 1. The molecule has 16 heavy (non-hydrogen) atoms. The van der Waals surface area contributed by atoms with Crippen LogP contribution in [0.2, 0.25) is 5.02 Å². The van der Waals surface area contributed by atoms with E-state index in [0.29, 0.717) is 0 Å². The zero-order valence-corrected chi connectivity index (χ0v) is 11.5. The number of aryl methyl sites for hydroxylation is 1. The van der Waals surface area contributed by atoms with Crippen molar-refractivity contribution in [2.75, 3.05) is 18.4 Å². The molecule has 0 atom stereocenters. The Kier molecular flexibility index (Phi) is 5.03. The third-order valence-corrected chi connectivity index (χ3v) is 3.09. The molecule has 0 fully saturated rings. The van der Waals surface area contributed by atoms with Crippen LogP contribution < -0.4 is 5.32 Å². The number of hydrogen-bond donors (Lipinski definition) is 1. The molecule has 0 saturated carbocycles. The maximum absolute atomic E-state index is 5.95. The minimum atomic E-state index is 0.718. The maximum atomic E-state index is 5.95. The van der Waals surface area contributed by atoms with E-state index in [-0.39, 0.29) is 0 Å². The highest BCUT2D eigenvalue weighted by Crippen LogP contribution is 2.20. The fourth-order valence-electron chi connectivity index (χ4n) is 1.43. The molecule has 0 saturated heterocycles. The molecule has 0 aliphatic rings. The van der Waals surface area contributed by atoms with Crippen LogP contribution in [0.25, 0.3) is 0 Å². The molecular formula is C12H17ClN2S. The molecule has 1 aromatic carbocycles. The van der Waals surface area contributed by atoms with Crippen molar-refractivity contribution in [1.29, 1.82) is 0 Å². The Morgan fingerprint density at radius 3 is 2.56 bits per heavy atom. The van der Waals surface area contributed by atoms with Gasteiger partial charge in [-0.25, -0.2) is 0 Å². The summed E-state index contributed by atoms with van der Waals surface area (Å²) < 4.78 is 0. The summed E-state index contributed by atoms with van der Waals surface area (Å²) in [5.41, 5.74) is 2.11. The van der Waals surface area contributed by atoms with Gasteiger partial charge in [0, 0.05) is 23.8 Å². The predicted molar refractivity (Wildman–Crippen MR) is 75.3 cm³/mol. The van der Waals surface area contributed by atoms with Gasteiger partial charge in [0.25, 0.3) is 0 Å². The SMILES string of the molecule is CCN(CC)C(=S)Nc1cc(Cl)ccc1C. The summed E-state index contributed by atoms with van der Waals surface area (Å²) in [6.07, 6.45) is 0. The smallest absolute Gasteiger partial charge is 0.173 e. The van der Waals surface area contributed by atoms with Gasteiger partial charge in [0.05, 0.1) is 0 Å². The number of anilines is 1. The Bertz CT molecular complexity index is 375. The van der Waals surface area contributed by atoms with Gasteiger partial charge in [-0.15, -0.1) is 0 Å². The number of rotatable bonds is 3. The van der Waals surface area contributed by atoms with E-state index in [1.165, 1.54) is 0 Å². The van der Waals surface area contributed by atoms with Crippen LogP contribution in [-0.4, -0.2) is 23.1 Å². The molecular weight excluding hydrogens is 240 g/mol. The maximum Gasteiger partial charge on any atom is 0.173 e. The first-order valence-electron chi connectivity index (χ1n) is 5.40. The molecule has 0 unspecified atom stereocenters. The van der Waals surface area contributed by atoms with Gasteiger partial charge in [0.2, 0.25) is 0 Å². The van der Waals surface area contributed by atoms with Gasteiger partial charge < -0.3 is 10.2 Å². The average molecular weight is 257 g/mol. The molecule has 4 heteroatoms. The highest BCUT2D eigenvalue weighted by atomic mass is 35.5. The third kappa shape index (κ3) is 3.35. The van der Waals surface area contributed by atoms with Crippen LogP contribution >= 0.6 is 23.8 Å². The van der Waals surface area contributed by atoms with E-state index >= 15 is 0 Å². The molecule has 0 radical (unpaired) electrons. The summed E-state index contributed by atoms with van der Waals surface area (Å²) in [7, 11) is 0. The van der Waals surface area contributed by atoms with E-state index in [0.717, 1.165) is 34.5 Å². The van der Waals surface area contributed by atoms with Crippen LogP contribution in [0, 0.1) is 6.92 Å². The van der Waals surface area contributed by atoms with Crippen molar-refractivity contribution in [2.45, 2.75) is 20.8 Å². The summed E-state index contributed by atoms with van der Waals surface area (Å²) in [6, 6.07) is 5.75. The standard InChI is InChI=1S/C12H17ClN2S/c1-4-15(5-2)12(16)14-11-8-10(13)7-6-9(11)3/h6-8H,4-5H2,1-3H3,(H,14,16). The third-order valence-electron chi connectivity index (χ3n) is 2.49. The van der Waals surface area contributed by atoms with Crippen LogP contribution in [0.15, 0.2) is 18.2 Å². The van der Waals surface area contributed by atoms with Crippen molar-refractivity contribution >= 4 is 34.6 Å². The molecule has 2 nitrogen and oxygen atoms in total. The van der Waals surface area contributed by atoms with Crippen molar-refractivity contribution in [3.05, 3.63) is 28.8 Å². The Balaban J connectivity index is 2.80. The van der Waals surface area contributed by atoms with E-state index < -0.39 is 0 Å². The molecule has 0 aliphatic heterocycles. The van der Waals surface area contributed by atoms with E-state index in [1.54, 1.807) is 0 Å². The molecule has 0 aromatic heterocycles. The van der Waals surface area contributed by atoms with Crippen LogP contribution in [-0.2, 0) is 0 Å². The molecule has 1 rings (SSSR count). The molecule has 0 aliphatic carbocycles. The van der Waals surface area contributed by atoms with Crippen LogP contribution in [0.3, 0.4) is 0 Å². The lowest BCUT2D eigenvalue weighted by atomic mass is 10.2. The monoisotopic (exact) mass is 256 g/mol. The number of thiocarbonyl (C=S) groups is 1. The van der Waals surface area contributed by atoms with Gasteiger partial charge in [0.1, 0.15) is 0 Å². The topological polar surface area (TPSA) is 15.3 Å². The largest absolute Gasteiger partial charge is 0.350 e. The minimum Gasteiger partial charge on any atom is -0.350 e. The average Bonchev–Trinajstić information content (AvgIpc) is 2.25. The summed E-state index contributed by atoms with van der Waals surface area (Å²) in [5, 5.41) is 4.69. The van der Waals surface area contributed by atoms with E-state index in [9.17, 15) is 0 Å². The molecule has 1 N–H and O–H groups in total. The van der Waals surface area contributed by atoms with Gasteiger partial charge in [-0.3, -0.25) is 0 Å². The van der Waals surface area contributed by atoms with Crippen LogP contribution in [0.1, 0.15) is 19.4 Å². The van der Waals surface area contributed by atoms with E-state index in [2.05, 4.69) is 24.1 Å². The fraction of sp³-hybridized carbons (Fsp3) is 0.417. The first-order chi connectivity index (χ1) is 7.58. The van der Waals surface area contributed by atoms with Gasteiger partial charge in [-0.1, -0.05) is 17.7 Å². The summed E-state index contributed by atoms with van der Waals surface area (Å²) in [4.78, 5) is 2.09. The Labute approximate surface area is 108 Å².